The molecule has 2 amide bonds. The molecular weight excluding hydrogens is 266 g/mol. The minimum absolute atomic E-state index is 0. The van der Waals surface area contributed by atoms with Gasteiger partial charge in [-0.1, -0.05) is 0 Å². The van der Waals surface area contributed by atoms with E-state index in [0.29, 0.717) is 19.0 Å². The summed E-state index contributed by atoms with van der Waals surface area (Å²) in [6.45, 7) is 2.53. The molecule has 1 heterocycles. The average Bonchev–Trinajstić information content (AvgIpc) is 3.08. The summed E-state index contributed by atoms with van der Waals surface area (Å²) < 4.78 is 0. The molecule has 0 bridgehead atoms. The third-order valence-electron chi connectivity index (χ3n) is 3.79. The zero-order chi connectivity index (χ0) is 13.0. The maximum absolute atomic E-state index is 11.9. The molecule has 0 aromatic rings. The van der Waals surface area contributed by atoms with E-state index in [1.54, 1.807) is 0 Å². The third-order valence-corrected chi connectivity index (χ3v) is 3.79. The molecule has 1 aliphatic heterocycles. The first-order chi connectivity index (χ1) is 8.68. The molecule has 5 nitrogen and oxygen atoms in total. The number of nitrogens with one attached hydrogen (secondary N) is 2. The minimum Gasteiger partial charge on any atom is -0.356 e. The van der Waals surface area contributed by atoms with Crippen LogP contribution in [0.3, 0.4) is 0 Å². The van der Waals surface area contributed by atoms with Gasteiger partial charge >= 0.3 is 0 Å². The van der Waals surface area contributed by atoms with Gasteiger partial charge in [0, 0.05) is 38.5 Å². The summed E-state index contributed by atoms with van der Waals surface area (Å²) in [5, 5.41) is 6.15. The molecule has 0 radical (unpaired) electrons. The highest BCUT2D eigenvalue weighted by Gasteiger charge is 2.29. The Morgan fingerprint density at radius 3 is 2.63 bits per heavy atom. The molecule has 2 fully saturated rings. The number of hydrogen-bond acceptors (Lipinski definition) is 3. The smallest absolute Gasteiger partial charge is 0.223 e. The van der Waals surface area contributed by atoms with Crippen LogP contribution in [0.2, 0.25) is 0 Å². The zero-order valence-corrected chi connectivity index (χ0v) is 12.3. The van der Waals surface area contributed by atoms with E-state index in [2.05, 4.69) is 10.6 Å². The summed E-state index contributed by atoms with van der Waals surface area (Å²) in [5.74, 6) is 0.605. The predicted octanol–water partition coefficient (Wildman–Crippen LogP) is 0.535. The number of nitrogens with zero attached hydrogens (tertiary/aromatic N) is 1. The Kier molecular flexibility index (Phi) is 6.58. The molecule has 110 valence electrons. The number of likely N-dealkylation sites (N-methyl/N-ethyl adjacent to an activating group) is 1. The summed E-state index contributed by atoms with van der Waals surface area (Å²) in [6, 6.07) is 0.346. The van der Waals surface area contributed by atoms with E-state index < -0.39 is 0 Å². The topological polar surface area (TPSA) is 61.4 Å². The molecule has 1 saturated carbocycles. The highest BCUT2D eigenvalue weighted by atomic mass is 35.5. The van der Waals surface area contributed by atoms with Crippen LogP contribution in [0.5, 0.6) is 0 Å². The first kappa shape index (κ1) is 16.2. The lowest BCUT2D eigenvalue weighted by Crippen LogP contribution is -2.38. The van der Waals surface area contributed by atoms with Crippen LogP contribution in [-0.2, 0) is 9.59 Å². The van der Waals surface area contributed by atoms with Crippen LogP contribution >= 0.6 is 12.4 Å². The van der Waals surface area contributed by atoms with Gasteiger partial charge in [-0.2, -0.15) is 0 Å². The molecule has 19 heavy (non-hydrogen) atoms. The Hall–Kier alpha value is -0.810. The molecular formula is C13H24ClN3O2. The van der Waals surface area contributed by atoms with E-state index in [1.165, 1.54) is 0 Å². The normalized spacial score (nSPS) is 21.6. The summed E-state index contributed by atoms with van der Waals surface area (Å²) in [7, 11) is 1.88. The van der Waals surface area contributed by atoms with E-state index in [-0.39, 0.29) is 30.1 Å². The minimum atomic E-state index is 0. The molecule has 0 aromatic heterocycles. The monoisotopic (exact) mass is 289 g/mol. The molecule has 0 spiro atoms. The van der Waals surface area contributed by atoms with Crippen molar-refractivity contribution in [2.24, 2.45) is 5.92 Å². The fourth-order valence-electron chi connectivity index (χ4n) is 2.29. The lowest BCUT2D eigenvalue weighted by Gasteiger charge is -2.23. The first-order valence-electron chi connectivity index (χ1n) is 6.92. The van der Waals surface area contributed by atoms with Crippen LogP contribution in [0.15, 0.2) is 0 Å². The van der Waals surface area contributed by atoms with Gasteiger partial charge < -0.3 is 15.5 Å². The van der Waals surface area contributed by atoms with Gasteiger partial charge in [0.15, 0.2) is 0 Å². The van der Waals surface area contributed by atoms with E-state index in [4.69, 9.17) is 0 Å². The van der Waals surface area contributed by atoms with Gasteiger partial charge in [-0.3, -0.25) is 9.59 Å². The van der Waals surface area contributed by atoms with E-state index in [1.807, 2.05) is 11.9 Å². The van der Waals surface area contributed by atoms with Crippen molar-refractivity contribution in [3.05, 3.63) is 0 Å². The molecule has 1 atom stereocenters. The highest BCUT2D eigenvalue weighted by molar-refractivity contribution is 5.85. The Labute approximate surface area is 120 Å². The van der Waals surface area contributed by atoms with Crippen molar-refractivity contribution in [3.63, 3.8) is 0 Å². The van der Waals surface area contributed by atoms with Crippen molar-refractivity contribution in [1.29, 1.82) is 0 Å². The van der Waals surface area contributed by atoms with Crippen molar-refractivity contribution in [3.8, 4) is 0 Å². The fraction of sp³-hybridized carbons (Fsp3) is 0.846. The molecule has 6 heteroatoms. The molecule has 2 N–H and O–H groups in total. The van der Waals surface area contributed by atoms with Crippen LogP contribution < -0.4 is 10.6 Å². The van der Waals surface area contributed by atoms with Gasteiger partial charge in [0.25, 0.3) is 0 Å². The lowest BCUT2D eigenvalue weighted by molar-refractivity contribution is -0.132. The lowest BCUT2D eigenvalue weighted by atomic mass is 10.2. The SMILES string of the molecule is CN(C(=O)CCCNC(=O)C1CC1)C1CCNC1.Cl. The summed E-state index contributed by atoms with van der Waals surface area (Å²) in [4.78, 5) is 25.1. The second kappa shape index (κ2) is 7.70. The number of carbonyl (C=O) groups is 2. The van der Waals surface area contributed by atoms with Crippen molar-refractivity contribution >= 4 is 24.2 Å². The fourth-order valence-corrected chi connectivity index (χ4v) is 2.29. The molecule has 2 aliphatic rings. The van der Waals surface area contributed by atoms with Crippen molar-refractivity contribution < 1.29 is 9.59 Å². The van der Waals surface area contributed by atoms with Crippen LogP contribution in [0.25, 0.3) is 0 Å². The van der Waals surface area contributed by atoms with Crippen LogP contribution in [0, 0.1) is 5.92 Å². The summed E-state index contributed by atoms with van der Waals surface area (Å²) >= 11 is 0. The molecule has 1 unspecified atom stereocenters. The summed E-state index contributed by atoms with van der Waals surface area (Å²) in [6.07, 6.45) is 4.37. The number of carbonyl (C=O) groups excluding carboxylic acids is 2. The van der Waals surface area contributed by atoms with E-state index in [9.17, 15) is 9.59 Å². The molecule has 1 saturated heterocycles. The average molecular weight is 290 g/mol. The quantitative estimate of drug-likeness (QED) is 0.702. The number of hydrogen-bond donors (Lipinski definition) is 2. The van der Waals surface area contributed by atoms with Crippen LogP contribution in [0.4, 0.5) is 0 Å². The summed E-state index contributed by atoms with van der Waals surface area (Å²) in [5.41, 5.74) is 0. The standard InChI is InChI=1S/C13H23N3O2.ClH/c1-16(11-6-8-14-9-11)12(17)3-2-7-15-13(18)10-4-5-10;/h10-11,14H,2-9H2,1H3,(H,15,18);1H. The van der Waals surface area contributed by atoms with Crippen molar-refractivity contribution in [2.45, 2.75) is 38.1 Å². The Balaban J connectivity index is 0.00000180. The van der Waals surface area contributed by atoms with Gasteiger partial charge in [0.1, 0.15) is 0 Å². The van der Waals surface area contributed by atoms with E-state index in [0.717, 1.165) is 38.8 Å². The zero-order valence-electron chi connectivity index (χ0n) is 11.5. The highest BCUT2D eigenvalue weighted by Crippen LogP contribution is 2.28. The van der Waals surface area contributed by atoms with Gasteiger partial charge in [-0.15, -0.1) is 12.4 Å². The molecule has 1 aliphatic carbocycles. The number of amides is 2. The Morgan fingerprint density at radius 1 is 1.32 bits per heavy atom. The van der Waals surface area contributed by atoms with Crippen LogP contribution in [0.1, 0.15) is 32.1 Å². The number of halogens is 1. The molecule has 0 aromatic carbocycles. The Bertz CT molecular complexity index is 315. The van der Waals surface area contributed by atoms with Gasteiger partial charge in [0.2, 0.25) is 11.8 Å². The Morgan fingerprint density at radius 2 is 2.05 bits per heavy atom. The third kappa shape index (κ3) is 4.99. The van der Waals surface area contributed by atoms with Gasteiger partial charge in [-0.05, 0) is 32.2 Å². The van der Waals surface area contributed by atoms with Gasteiger partial charge in [0.05, 0.1) is 0 Å². The largest absolute Gasteiger partial charge is 0.356 e. The first-order valence-corrected chi connectivity index (χ1v) is 6.92. The second-order valence-corrected chi connectivity index (χ2v) is 5.32. The van der Waals surface area contributed by atoms with E-state index >= 15 is 0 Å². The predicted molar refractivity (Wildman–Crippen MR) is 76.3 cm³/mol. The van der Waals surface area contributed by atoms with Crippen molar-refractivity contribution in [2.75, 3.05) is 26.7 Å². The van der Waals surface area contributed by atoms with Crippen molar-refractivity contribution in [1.82, 2.24) is 15.5 Å². The molecule has 2 rings (SSSR count). The van der Waals surface area contributed by atoms with Gasteiger partial charge in [-0.25, -0.2) is 0 Å². The second-order valence-electron chi connectivity index (χ2n) is 5.32. The maximum Gasteiger partial charge on any atom is 0.223 e. The van der Waals surface area contributed by atoms with Crippen LogP contribution in [-0.4, -0.2) is 49.4 Å². The number of rotatable bonds is 6. The maximum atomic E-state index is 11.9.